The molecule has 0 bridgehead atoms. The standard InChI is InChI=1S/C19H19N3/c1-13-5-3-7-15(9-13)11-17-12-18(22-19(20)21-17)16-8-4-6-14(2)10-16/h3-10,12H,11H2,1-2H3,(H2,20,21,22). The second kappa shape index (κ2) is 5.98. The summed E-state index contributed by atoms with van der Waals surface area (Å²) in [5, 5.41) is 0. The van der Waals surface area contributed by atoms with Crippen LogP contribution in [-0.2, 0) is 6.42 Å². The number of nitrogen functional groups attached to an aromatic ring is 1. The molecule has 3 aromatic rings. The van der Waals surface area contributed by atoms with Gasteiger partial charge in [-0.1, -0.05) is 53.6 Å². The summed E-state index contributed by atoms with van der Waals surface area (Å²) in [6.07, 6.45) is 0.757. The third-order valence-electron chi connectivity index (χ3n) is 3.58. The maximum Gasteiger partial charge on any atom is 0.220 e. The van der Waals surface area contributed by atoms with Crippen LogP contribution < -0.4 is 5.73 Å². The molecule has 0 atom stereocenters. The number of aromatic nitrogens is 2. The molecule has 0 aliphatic heterocycles. The molecule has 0 unspecified atom stereocenters. The number of rotatable bonds is 3. The van der Waals surface area contributed by atoms with Crippen molar-refractivity contribution in [1.82, 2.24) is 9.97 Å². The van der Waals surface area contributed by atoms with E-state index in [-0.39, 0.29) is 0 Å². The fourth-order valence-electron chi connectivity index (χ4n) is 2.59. The van der Waals surface area contributed by atoms with Gasteiger partial charge in [-0.15, -0.1) is 0 Å². The minimum Gasteiger partial charge on any atom is -0.368 e. The Bertz CT molecular complexity index is 809. The van der Waals surface area contributed by atoms with Crippen LogP contribution >= 0.6 is 0 Å². The predicted molar refractivity (Wildman–Crippen MR) is 90.6 cm³/mol. The maximum atomic E-state index is 5.90. The molecule has 110 valence electrons. The number of hydrogen-bond acceptors (Lipinski definition) is 3. The quantitative estimate of drug-likeness (QED) is 0.794. The Labute approximate surface area is 130 Å². The highest BCUT2D eigenvalue weighted by molar-refractivity contribution is 5.61. The molecule has 22 heavy (non-hydrogen) atoms. The molecule has 0 aliphatic carbocycles. The summed E-state index contributed by atoms with van der Waals surface area (Å²) >= 11 is 0. The highest BCUT2D eigenvalue weighted by atomic mass is 15.0. The van der Waals surface area contributed by atoms with Crippen LogP contribution in [0.1, 0.15) is 22.4 Å². The molecule has 3 nitrogen and oxygen atoms in total. The van der Waals surface area contributed by atoms with Crippen LogP contribution in [0.3, 0.4) is 0 Å². The molecule has 0 amide bonds. The van der Waals surface area contributed by atoms with Gasteiger partial charge in [0.15, 0.2) is 0 Å². The van der Waals surface area contributed by atoms with Crippen molar-refractivity contribution in [1.29, 1.82) is 0 Å². The van der Waals surface area contributed by atoms with E-state index in [1.54, 1.807) is 0 Å². The van der Waals surface area contributed by atoms with E-state index in [4.69, 9.17) is 5.73 Å². The van der Waals surface area contributed by atoms with Crippen LogP contribution in [0.25, 0.3) is 11.3 Å². The average molecular weight is 289 g/mol. The first-order valence-electron chi connectivity index (χ1n) is 7.36. The lowest BCUT2D eigenvalue weighted by Gasteiger charge is -2.07. The number of nitrogens with zero attached hydrogens (tertiary/aromatic N) is 2. The van der Waals surface area contributed by atoms with Gasteiger partial charge in [0.2, 0.25) is 5.95 Å². The molecule has 0 aliphatic rings. The van der Waals surface area contributed by atoms with Gasteiger partial charge in [-0.05, 0) is 31.5 Å². The topological polar surface area (TPSA) is 51.8 Å². The molecule has 0 fully saturated rings. The van der Waals surface area contributed by atoms with Gasteiger partial charge in [-0.2, -0.15) is 0 Å². The van der Waals surface area contributed by atoms with E-state index >= 15 is 0 Å². The Morgan fingerprint density at radius 3 is 2.32 bits per heavy atom. The van der Waals surface area contributed by atoms with Crippen LogP contribution in [0.15, 0.2) is 54.6 Å². The van der Waals surface area contributed by atoms with E-state index in [1.807, 2.05) is 18.2 Å². The van der Waals surface area contributed by atoms with Gasteiger partial charge >= 0.3 is 0 Å². The Hall–Kier alpha value is -2.68. The van der Waals surface area contributed by atoms with Gasteiger partial charge < -0.3 is 5.73 Å². The number of hydrogen-bond donors (Lipinski definition) is 1. The smallest absolute Gasteiger partial charge is 0.220 e. The fourth-order valence-corrected chi connectivity index (χ4v) is 2.59. The molecular formula is C19H19N3. The molecular weight excluding hydrogens is 270 g/mol. The van der Waals surface area contributed by atoms with Crippen LogP contribution in [0.2, 0.25) is 0 Å². The second-order valence-corrected chi connectivity index (χ2v) is 5.64. The average Bonchev–Trinajstić information content (AvgIpc) is 2.46. The predicted octanol–water partition coefficient (Wildman–Crippen LogP) is 3.93. The first-order valence-corrected chi connectivity index (χ1v) is 7.36. The normalized spacial score (nSPS) is 10.6. The zero-order valence-corrected chi connectivity index (χ0v) is 12.9. The summed E-state index contributed by atoms with van der Waals surface area (Å²) in [6, 6.07) is 18.7. The zero-order valence-electron chi connectivity index (χ0n) is 12.9. The molecule has 0 saturated carbocycles. The van der Waals surface area contributed by atoms with Gasteiger partial charge in [0.1, 0.15) is 0 Å². The molecule has 3 rings (SSSR count). The molecule has 0 radical (unpaired) electrons. The summed E-state index contributed by atoms with van der Waals surface area (Å²) < 4.78 is 0. The fraction of sp³-hybridized carbons (Fsp3) is 0.158. The van der Waals surface area contributed by atoms with E-state index < -0.39 is 0 Å². The van der Waals surface area contributed by atoms with Gasteiger partial charge in [-0.3, -0.25) is 0 Å². The Morgan fingerprint density at radius 2 is 1.59 bits per heavy atom. The largest absolute Gasteiger partial charge is 0.368 e. The molecule has 2 aromatic carbocycles. The Morgan fingerprint density at radius 1 is 0.864 bits per heavy atom. The Kier molecular flexibility index (Phi) is 3.88. The molecule has 0 spiro atoms. The van der Waals surface area contributed by atoms with Gasteiger partial charge in [0, 0.05) is 12.0 Å². The lowest BCUT2D eigenvalue weighted by molar-refractivity contribution is 1.04. The third kappa shape index (κ3) is 3.31. The molecule has 3 heteroatoms. The minimum absolute atomic E-state index is 0.321. The van der Waals surface area contributed by atoms with Crippen molar-refractivity contribution in [3.05, 3.63) is 77.0 Å². The van der Waals surface area contributed by atoms with Crippen molar-refractivity contribution in [3.8, 4) is 11.3 Å². The van der Waals surface area contributed by atoms with Crippen molar-refractivity contribution in [3.63, 3.8) is 0 Å². The number of aryl methyl sites for hydroxylation is 2. The molecule has 2 N–H and O–H groups in total. The molecule has 1 aromatic heterocycles. The van der Waals surface area contributed by atoms with Crippen molar-refractivity contribution in [2.45, 2.75) is 20.3 Å². The monoisotopic (exact) mass is 289 g/mol. The van der Waals surface area contributed by atoms with Crippen molar-refractivity contribution < 1.29 is 0 Å². The summed E-state index contributed by atoms with van der Waals surface area (Å²) in [5.41, 5.74) is 12.5. The second-order valence-electron chi connectivity index (χ2n) is 5.64. The van der Waals surface area contributed by atoms with E-state index in [0.717, 1.165) is 23.4 Å². The summed E-state index contributed by atoms with van der Waals surface area (Å²) in [4.78, 5) is 8.74. The lowest BCUT2D eigenvalue weighted by Crippen LogP contribution is -2.02. The number of benzene rings is 2. The van der Waals surface area contributed by atoms with Crippen LogP contribution in [-0.4, -0.2) is 9.97 Å². The van der Waals surface area contributed by atoms with Crippen molar-refractivity contribution in [2.24, 2.45) is 0 Å². The van der Waals surface area contributed by atoms with Gasteiger partial charge in [0.25, 0.3) is 0 Å². The van der Waals surface area contributed by atoms with Crippen LogP contribution in [0, 0.1) is 13.8 Å². The van der Waals surface area contributed by atoms with Crippen molar-refractivity contribution >= 4 is 5.95 Å². The highest BCUT2D eigenvalue weighted by Crippen LogP contribution is 2.21. The van der Waals surface area contributed by atoms with E-state index in [2.05, 4.69) is 60.2 Å². The SMILES string of the molecule is Cc1cccc(Cc2cc(-c3cccc(C)c3)nc(N)n2)c1. The van der Waals surface area contributed by atoms with Crippen LogP contribution in [0.4, 0.5) is 5.95 Å². The van der Waals surface area contributed by atoms with Gasteiger partial charge in [-0.25, -0.2) is 9.97 Å². The highest BCUT2D eigenvalue weighted by Gasteiger charge is 2.06. The third-order valence-corrected chi connectivity index (χ3v) is 3.58. The Balaban J connectivity index is 1.96. The first-order chi connectivity index (χ1) is 10.6. The van der Waals surface area contributed by atoms with E-state index in [9.17, 15) is 0 Å². The number of nitrogens with two attached hydrogens (primary N) is 1. The van der Waals surface area contributed by atoms with Crippen LogP contribution in [0.5, 0.6) is 0 Å². The van der Waals surface area contributed by atoms with E-state index in [0.29, 0.717) is 5.95 Å². The molecule has 1 heterocycles. The minimum atomic E-state index is 0.321. The summed E-state index contributed by atoms with van der Waals surface area (Å²) in [7, 11) is 0. The van der Waals surface area contributed by atoms with Crippen molar-refractivity contribution in [2.75, 3.05) is 5.73 Å². The lowest BCUT2D eigenvalue weighted by atomic mass is 10.0. The zero-order chi connectivity index (χ0) is 15.5. The summed E-state index contributed by atoms with van der Waals surface area (Å²) in [5.74, 6) is 0.321. The first kappa shape index (κ1) is 14.3. The maximum absolute atomic E-state index is 5.90. The van der Waals surface area contributed by atoms with E-state index in [1.165, 1.54) is 16.7 Å². The number of anilines is 1. The van der Waals surface area contributed by atoms with Gasteiger partial charge in [0.05, 0.1) is 11.4 Å². The molecule has 0 saturated heterocycles. The summed E-state index contributed by atoms with van der Waals surface area (Å²) in [6.45, 7) is 4.16.